The van der Waals surface area contributed by atoms with E-state index in [2.05, 4.69) is 38.2 Å². The van der Waals surface area contributed by atoms with Gasteiger partial charge in [-0.1, -0.05) is 102 Å². The molecule has 0 aromatic carbocycles. The maximum Gasteiger partial charge on any atom is 0.306 e. The highest BCUT2D eigenvalue weighted by Gasteiger charge is 2.44. The highest BCUT2D eigenvalue weighted by Crippen LogP contribution is 2.22. The summed E-state index contributed by atoms with van der Waals surface area (Å²) >= 11 is 0. The summed E-state index contributed by atoms with van der Waals surface area (Å²) in [5.74, 6) is -0.328. The van der Waals surface area contributed by atoms with E-state index in [9.17, 15) is 25.2 Å². The summed E-state index contributed by atoms with van der Waals surface area (Å²) in [6, 6.07) is 0. The molecule has 1 fully saturated rings. The largest absolute Gasteiger partial charge is 0.457 e. The lowest BCUT2D eigenvalue weighted by Gasteiger charge is -2.39. The van der Waals surface area contributed by atoms with Crippen LogP contribution in [0.5, 0.6) is 0 Å². The van der Waals surface area contributed by atoms with Crippen LogP contribution in [0.4, 0.5) is 0 Å². The highest BCUT2D eigenvalue weighted by atomic mass is 16.7. The quantitative estimate of drug-likeness (QED) is 0.0379. The maximum atomic E-state index is 12.6. The fourth-order valence-electron chi connectivity index (χ4n) is 5.37. The van der Waals surface area contributed by atoms with Crippen molar-refractivity contribution in [3.63, 3.8) is 0 Å². The van der Waals surface area contributed by atoms with Crippen LogP contribution in [0.3, 0.4) is 0 Å². The van der Waals surface area contributed by atoms with Crippen LogP contribution in [0.15, 0.2) is 24.3 Å². The van der Waals surface area contributed by atoms with Gasteiger partial charge in [-0.05, 0) is 57.8 Å². The molecule has 270 valence electrons. The monoisotopic (exact) mass is 656 g/mol. The molecule has 1 heterocycles. The Morgan fingerprint density at radius 2 is 1.24 bits per heavy atom. The van der Waals surface area contributed by atoms with E-state index < -0.39 is 43.4 Å². The van der Waals surface area contributed by atoms with Gasteiger partial charge >= 0.3 is 5.97 Å². The molecule has 0 spiro atoms. The lowest BCUT2D eigenvalue weighted by Crippen LogP contribution is -2.59. The van der Waals surface area contributed by atoms with E-state index >= 15 is 0 Å². The number of ether oxygens (including phenoxy) is 4. The zero-order valence-corrected chi connectivity index (χ0v) is 29.1. The second-order valence-corrected chi connectivity index (χ2v) is 12.7. The molecule has 0 aromatic heterocycles. The second-order valence-electron chi connectivity index (χ2n) is 12.7. The molecule has 46 heavy (non-hydrogen) atoms. The van der Waals surface area contributed by atoms with Gasteiger partial charge < -0.3 is 39.4 Å². The third-order valence-electron chi connectivity index (χ3n) is 8.32. The molecule has 6 atom stereocenters. The molecule has 0 aliphatic carbocycles. The first-order valence-corrected chi connectivity index (χ1v) is 18.4. The summed E-state index contributed by atoms with van der Waals surface area (Å²) in [4.78, 5) is 12.6. The minimum Gasteiger partial charge on any atom is -0.457 e. The average Bonchev–Trinajstić information content (AvgIpc) is 3.05. The molecular weight excluding hydrogens is 588 g/mol. The van der Waals surface area contributed by atoms with Crippen molar-refractivity contribution in [2.24, 2.45) is 0 Å². The molecule has 1 rings (SSSR count). The minimum absolute atomic E-state index is 0.118. The third-order valence-corrected chi connectivity index (χ3v) is 8.32. The van der Waals surface area contributed by atoms with Crippen LogP contribution in [-0.4, -0.2) is 89.6 Å². The summed E-state index contributed by atoms with van der Waals surface area (Å²) < 4.78 is 22.6. The van der Waals surface area contributed by atoms with Gasteiger partial charge in [0.2, 0.25) is 0 Å². The van der Waals surface area contributed by atoms with Gasteiger partial charge in [-0.25, -0.2) is 0 Å². The number of carbonyl (C=O) groups excluding carboxylic acids is 1. The Morgan fingerprint density at radius 3 is 1.85 bits per heavy atom. The lowest BCUT2D eigenvalue weighted by atomic mass is 9.99. The van der Waals surface area contributed by atoms with E-state index in [0.717, 1.165) is 64.2 Å². The zero-order valence-electron chi connectivity index (χ0n) is 29.1. The van der Waals surface area contributed by atoms with Gasteiger partial charge in [0.1, 0.15) is 30.5 Å². The van der Waals surface area contributed by atoms with Crippen LogP contribution in [0, 0.1) is 0 Å². The average molecular weight is 657 g/mol. The molecular formula is C37H68O9. The molecule has 4 N–H and O–H groups in total. The summed E-state index contributed by atoms with van der Waals surface area (Å²) in [5, 5.41) is 39.8. The topological polar surface area (TPSA) is 135 Å². The Labute approximate surface area is 279 Å². The van der Waals surface area contributed by atoms with E-state index in [0.29, 0.717) is 13.0 Å². The first-order valence-electron chi connectivity index (χ1n) is 18.4. The summed E-state index contributed by atoms with van der Waals surface area (Å²) in [6.07, 6.45) is 23.4. The molecule has 1 saturated heterocycles. The number of esters is 1. The summed E-state index contributed by atoms with van der Waals surface area (Å²) in [6.45, 7) is 4.43. The van der Waals surface area contributed by atoms with E-state index in [4.69, 9.17) is 18.9 Å². The molecule has 9 nitrogen and oxygen atoms in total. The fraction of sp³-hybridized carbons (Fsp3) is 0.865. The lowest BCUT2D eigenvalue weighted by molar-refractivity contribution is -0.305. The molecule has 0 radical (unpaired) electrons. The van der Waals surface area contributed by atoms with Gasteiger partial charge in [0.05, 0.1) is 19.8 Å². The summed E-state index contributed by atoms with van der Waals surface area (Å²) in [5.41, 5.74) is 0. The first-order chi connectivity index (χ1) is 22.4. The molecule has 9 heteroatoms. The molecule has 1 aliphatic rings. The number of aliphatic hydroxyl groups is 4. The van der Waals surface area contributed by atoms with Gasteiger partial charge in [0.25, 0.3) is 0 Å². The van der Waals surface area contributed by atoms with Crippen molar-refractivity contribution in [3.05, 3.63) is 24.3 Å². The van der Waals surface area contributed by atoms with Gasteiger partial charge in [-0.3, -0.25) is 4.79 Å². The minimum atomic E-state index is -1.53. The Bertz CT molecular complexity index is 757. The number of aliphatic hydroxyl groups excluding tert-OH is 4. The number of rotatable bonds is 30. The molecule has 0 saturated carbocycles. The van der Waals surface area contributed by atoms with E-state index in [1.54, 1.807) is 0 Å². The smallest absolute Gasteiger partial charge is 0.306 e. The summed E-state index contributed by atoms with van der Waals surface area (Å²) in [7, 11) is 0. The van der Waals surface area contributed by atoms with Crippen LogP contribution in [0.25, 0.3) is 0 Å². The number of unbranched alkanes of at least 4 members (excludes halogenated alkanes) is 15. The van der Waals surface area contributed by atoms with Crippen LogP contribution in [-0.2, 0) is 23.7 Å². The van der Waals surface area contributed by atoms with Crippen molar-refractivity contribution in [1.29, 1.82) is 0 Å². The van der Waals surface area contributed by atoms with Gasteiger partial charge in [-0.2, -0.15) is 0 Å². The molecule has 0 bridgehead atoms. The highest BCUT2D eigenvalue weighted by molar-refractivity contribution is 5.69. The van der Waals surface area contributed by atoms with Crippen molar-refractivity contribution in [2.45, 2.75) is 179 Å². The molecule has 1 aliphatic heterocycles. The molecule has 0 aromatic rings. The molecule has 6 unspecified atom stereocenters. The number of carbonyl (C=O) groups is 1. The van der Waals surface area contributed by atoms with E-state index in [-0.39, 0.29) is 19.2 Å². The fourth-order valence-corrected chi connectivity index (χ4v) is 5.37. The number of allylic oxidation sites excluding steroid dienone is 4. The van der Waals surface area contributed by atoms with Crippen LogP contribution in [0.2, 0.25) is 0 Å². The first kappa shape index (κ1) is 42.7. The van der Waals surface area contributed by atoms with Gasteiger partial charge in [0, 0.05) is 13.0 Å². The van der Waals surface area contributed by atoms with Gasteiger partial charge in [0.15, 0.2) is 6.29 Å². The van der Waals surface area contributed by atoms with Crippen molar-refractivity contribution in [1.82, 2.24) is 0 Å². The zero-order chi connectivity index (χ0) is 33.7. The number of hydrogen-bond acceptors (Lipinski definition) is 9. The van der Waals surface area contributed by atoms with Crippen LogP contribution < -0.4 is 0 Å². The van der Waals surface area contributed by atoms with E-state index in [1.807, 2.05) is 0 Å². The number of hydrogen-bond donors (Lipinski definition) is 4. The Balaban J connectivity index is 2.36. The van der Waals surface area contributed by atoms with Crippen LogP contribution in [0.1, 0.15) is 142 Å². The SMILES string of the molecule is CCC/C=C\CCCCCCCCOCC(COC1OC(CO)C(O)C(O)C1O)OC(=O)CCCCCCC/C=C\CCCCC. The Kier molecular flexibility index (Phi) is 27.6. The standard InChI is InChI=1S/C37H68O9/c1-3-5-7-9-11-13-15-16-18-20-22-24-26-33(39)45-31(30-44-37-36(42)35(41)34(40)32(28-38)46-37)29-43-27-25-23-21-19-17-14-12-10-8-6-4-2/h8,10-11,13,31-32,34-38,40-42H,3-7,9,12,14-30H2,1-2H3/b10-8-,13-11-. The maximum absolute atomic E-state index is 12.6. The normalized spacial score (nSPS) is 22.6. The Morgan fingerprint density at radius 1 is 0.674 bits per heavy atom. The van der Waals surface area contributed by atoms with Gasteiger partial charge in [-0.15, -0.1) is 0 Å². The predicted molar refractivity (Wildman–Crippen MR) is 182 cm³/mol. The van der Waals surface area contributed by atoms with Crippen molar-refractivity contribution in [2.75, 3.05) is 26.4 Å². The second kappa shape index (κ2) is 29.8. The third kappa shape index (κ3) is 21.5. The van der Waals surface area contributed by atoms with Crippen molar-refractivity contribution in [3.8, 4) is 0 Å². The van der Waals surface area contributed by atoms with Crippen molar-refractivity contribution < 1.29 is 44.2 Å². The predicted octanol–water partition coefficient (Wildman–Crippen LogP) is 6.69. The molecule has 0 amide bonds. The van der Waals surface area contributed by atoms with E-state index in [1.165, 1.54) is 57.8 Å². The van der Waals surface area contributed by atoms with Crippen molar-refractivity contribution >= 4 is 5.97 Å². The van der Waals surface area contributed by atoms with Crippen LogP contribution >= 0.6 is 0 Å². The Hall–Kier alpha value is -1.33.